The molecule has 136 valence electrons. The van der Waals surface area contributed by atoms with Crippen molar-refractivity contribution in [3.05, 3.63) is 23.8 Å². The first-order valence-electron chi connectivity index (χ1n) is 10.00. The van der Waals surface area contributed by atoms with Crippen LogP contribution in [0.15, 0.2) is 12.4 Å². The first kappa shape index (κ1) is 17.0. The van der Waals surface area contributed by atoms with E-state index >= 15 is 0 Å². The first-order chi connectivity index (χ1) is 12.2. The van der Waals surface area contributed by atoms with Crippen LogP contribution in [-0.4, -0.2) is 51.9 Å². The van der Waals surface area contributed by atoms with Crippen molar-refractivity contribution < 1.29 is 4.79 Å². The molecular weight excluding hydrogens is 312 g/mol. The zero-order chi connectivity index (χ0) is 17.3. The van der Waals surface area contributed by atoms with E-state index in [2.05, 4.69) is 26.7 Å². The number of hydrogen-bond donors (Lipinski definition) is 0. The van der Waals surface area contributed by atoms with E-state index in [0.29, 0.717) is 5.91 Å². The lowest BCUT2D eigenvalue weighted by Crippen LogP contribution is -2.50. The number of aromatic nitrogens is 2. The highest BCUT2D eigenvalue weighted by atomic mass is 16.2. The van der Waals surface area contributed by atoms with E-state index in [0.717, 1.165) is 75.7 Å². The Hall–Kier alpha value is -1.49. The summed E-state index contributed by atoms with van der Waals surface area (Å²) in [7, 11) is 0. The minimum atomic E-state index is -0.115. The quantitative estimate of drug-likeness (QED) is 0.797. The van der Waals surface area contributed by atoms with Gasteiger partial charge in [-0.1, -0.05) is 6.92 Å². The highest BCUT2D eigenvalue weighted by Crippen LogP contribution is 2.42. The smallest absolute Gasteiger partial charge is 0.230 e. The topological polar surface area (TPSA) is 49.3 Å². The van der Waals surface area contributed by atoms with Gasteiger partial charge < -0.3 is 4.90 Å². The largest absolute Gasteiger partial charge is 0.342 e. The Balaban J connectivity index is 1.37. The number of nitrogens with zero attached hydrogens (tertiary/aromatic N) is 4. The molecule has 1 amide bonds. The van der Waals surface area contributed by atoms with Gasteiger partial charge in [-0.05, 0) is 51.0 Å². The van der Waals surface area contributed by atoms with E-state index in [1.165, 1.54) is 19.3 Å². The Bertz CT molecular complexity index is 613. The van der Waals surface area contributed by atoms with Crippen molar-refractivity contribution in [2.45, 2.75) is 58.4 Å². The summed E-state index contributed by atoms with van der Waals surface area (Å²) in [6.45, 7) is 6.92. The van der Waals surface area contributed by atoms with Crippen LogP contribution in [0.4, 0.5) is 0 Å². The number of carbonyl (C=O) groups is 1. The zero-order valence-electron chi connectivity index (χ0n) is 15.4. The minimum Gasteiger partial charge on any atom is -0.342 e. The summed E-state index contributed by atoms with van der Waals surface area (Å²) in [5, 5.41) is 0. The maximum absolute atomic E-state index is 13.1. The third-order valence-corrected chi connectivity index (χ3v) is 6.07. The number of amides is 1. The van der Waals surface area contributed by atoms with Gasteiger partial charge in [-0.25, -0.2) is 9.97 Å². The lowest BCUT2D eigenvalue weighted by molar-refractivity contribution is -0.145. The van der Waals surface area contributed by atoms with Crippen LogP contribution < -0.4 is 0 Å². The molecule has 5 nitrogen and oxygen atoms in total. The fourth-order valence-corrected chi connectivity index (χ4v) is 4.48. The molecule has 1 aliphatic carbocycles. The average Bonchev–Trinajstić information content (AvgIpc) is 3.34. The second-order valence-corrected chi connectivity index (χ2v) is 8.30. The molecule has 5 heteroatoms. The Kier molecular flexibility index (Phi) is 4.76. The van der Waals surface area contributed by atoms with Gasteiger partial charge in [0.15, 0.2) is 0 Å². The summed E-state index contributed by atoms with van der Waals surface area (Å²) in [5.41, 5.74) is 1.05. The fraction of sp³-hybridized carbons (Fsp3) is 0.750. The molecule has 1 aromatic heterocycles. The Morgan fingerprint density at radius 3 is 2.72 bits per heavy atom. The second kappa shape index (κ2) is 7.02. The van der Waals surface area contributed by atoms with Crippen LogP contribution >= 0.6 is 0 Å². The van der Waals surface area contributed by atoms with Gasteiger partial charge in [0.05, 0.1) is 5.41 Å². The summed E-state index contributed by atoms with van der Waals surface area (Å²) in [6, 6.07) is 0. The zero-order valence-corrected chi connectivity index (χ0v) is 15.4. The van der Waals surface area contributed by atoms with E-state index in [1.807, 2.05) is 12.4 Å². The molecule has 1 unspecified atom stereocenters. The van der Waals surface area contributed by atoms with Crippen molar-refractivity contribution in [1.29, 1.82) is 0 Å². The molecule has 4 rings (SSSR count). The van der Waals surface area contributed by atoms with Crippen molar-refractivity contribution in [2.24, 2.45) is 11.3 Å². The van der Waals surface area contributed by atoms with Crippen LogP contribution in [0.5, 0.6) is 0 Å². The van der Waals surface area contributed by atoms with Gasteiger partial charge in [-0.3, -0.25) is 9.69 Å². The predicted octanol–water partition coefficient (Wildman–Crippen LogP) is 2.65. The Morgan fingerprint density at radius 2 is 2.00 bits per heavy atom. The molecule has 3 aliphatic rings. The molecule has 3 fully saturated rings. The highest BCUT2D eigenvalue weighted by molar-refractivity contribution is 5.84. The third-order valence-electron chi connectivity index (χ3n) is 6.07. The fourth-order valence-electron chi connectivity index (χ4n) is 4.48. The van der Waals surface area contributed by atoms with Crippen molar-refractivity contribution in [3.8, 4) is 0 Å². The molecule has 0 bridgehead atoms. The van der Waals surface area contributed by atoms with Crippen LogP contribution in [0.1, 0.15) is 56.8 Å². The first-order valence-corrected chi connectivity index (χ1v) is 10.00. The maximum Gasteiger partial charge on any atom is 0.230 e. The van der Waals surface area contributed by atoms with Crippen molar-refractivity contribution in [1.82, 2.24) is 19.8 Å². The van der Waals surface area contributed by atoms with Crippen LogP contribution in [0.25, 0.3) is 0 Å². The molecule has 1 saturated carbocycles. The number of hydrogen-bond acceptors (Lipinski definition) is 4. The molecule has 0 aromatic carbocycles. The number of aryl methyl sites for hydroxylation is 1. The van der Waals surface area contributed by atoms with E-state index in [9.17, 15) is 4.79 Å². The van der Waals surface area contributed by atoms with E-state index in [-0.39, 0.29) is 5.41 Å². The van der Waals surface area contributed by atoms with Gasteiger partial charge in [-0.15, -0.1) is 0 Å². The molecule has 0 N–H and O–H groups in total. The molecule has 2 aliphatic heterocycles. The number of likely N-dealkylation sites (tertiary alicyclic amines) is 2. The normalized spacial score (nSPS) is 27.4. The van der Waals surface area contributed by atoms with E-state index in [4.69, 9.17) is 0 Å². The summed E-state index contributed by atoms with van der Waals surface area (Å²) >= 11 is 0. The monoisotopic (exact) mass is 342 g/mol. The number of carbonyl (C=O) groups excluding carboxylic acids is 1. The molecule has 1 aromatic rings. The number of piperidine rings is 1. The van der Waals surface area contributed by atoms with Gasteiger partial charge in [0, 0.05) is 50.6 Å². The summed E-state index contributed by atoms with van der Waals surface area (Å²) in [5.74, 6) is 2.15. The second-order valence-electron chi connectivity index (χ2n) is 8.30. The van der Waals surface area contributed by atoms with Crippen LogP contribution in [0.2, 0.25) is 0 Å². The van der Waals surface area contributed by atoms with Crippen molar-refractivity contribution in [2.75, 3.05) is 26.2 Å². The number of rotatable bonds is 6. The van der Waals surface area contributed by atoms with Crippen LogP contribution in [-0.2, 0) is 17.8 Å². The Morgan fingerprint density at radius 1 is 1.20 bits per heavy atom. The summed E-state index contributed by atoms with van der Waals surface area (Å²) in [6.07, 6.45) is 11.8. The van der Waals surface area contributed by atoms with E-state index in [1.54, 1.807) is 0 Å². The Labute approximate surface area is 150 Å². The predicted molar refractivity (Wildman–Crippen MR) is 96.9 cm³/mol. The average molecular weight is 342 g/mol. The third kappa shape index (κ3) is 3.71. The molecule has 1 atom stereocenters. The van der Waals surface area contributed by atoms with E-state index < -0.39 is 0 Å². The van der Waals surface area contributed by atoms with Gasteiger partial charge in [0.2, 0.25) is 5.91 Å². The molecule has 1 spiro atoms. The van der Waals surface area contributed by atoms with Crippen molar-refractivity contribution >= 4 is 5.91 Å². The molecule has 0 radical (unpaired) electrons. The summed E-state index contributed by atoms with van der Waals surface area (Å²) < 4.78 is 0. The van der Waals surface area contributed by atoms with Gasteiger partial charge >= 0.3 is 0 Å². The van der Waals surface area contributed by atoms with Crippen LogP contribution in [0, 0.1) is 11.3 Å². The lowest BCUT2D eigenvalue weighted by atomic mass is 9.78. The van der Waals surface area contributed by atoms with Gasteiger partial charge in [0.25, 0.3) is 0 Å². The molecule has 2 saturated heterocycles. The lowest BCUT2D eigenvalue weighted by Gasteiger charge is -2.39. The molecule has 3 heterocycles. The molecular formula is C20H30N4O. The SMILES string of the molecule is CCCc1ncc(CN2CCC3(CCCN(CC4CC4)C3=O)C2)cn1. The highest BCUT2D eigenvalue weighted by Gasteiger charge is 2.48. The van der Waals surface area contributed by atoms with Crippen LogP contribution in [0.3, 0.4) is 0 Å². The van der Waals surface area contributed by atoms with Gasteiger partial charge in [0.1, 0.15) is 5.82 Å². The minimum absolute atomic E-state index is 0.115. The summed E-state index contributed by atoms with van der Waals surface area (Å²) in [4.78, 5) is 26.6. The maximum atomic E-state index is 13.1. The molecule has 25 heavy (non-hydrogen) atoms. The van der Waals surface area contributed by atoms with Crippen molar-refractivity contribution in [3.63, 3.8) is 0 Å². The standard InChI is InChI=1S/C20H30N4O/c1-2-4-18-21-11-17(12-22-18)13-23-10-8-20(15-23)7-3-9-24(19(20)25)14-16-5-6-16/h11-12,16H,2-10,13-15H2,1H3. The van der Waals surface area contributed by atoms with Gasteiger partial charge in [-0.2, -0.15) is 0 Å².